The molecule has 2 aromatic rings. The van der Waals surface area contributed by atoms with Crippen LogP contribution in [0.15, 0.2) is 41.3 Å². The number of benzene rings is 1. The van der Waals surface area contributed by atoms with E-state index in [0.717, 1.165) is 11.3 Å². The van der Waals surface area contributed by atoms with Gasteiger partial charge in [0.15, 0.2) is 5.75 Å². The third-order valence-electron chi connectivity index (χ3n) is 2.92. The predicted molar refractivity (Wildman–Crippen MR) is 69.2 cm³/mol. The molecule has 1 aromatic heterocycles. The van der Waals surface area contributed by atoms with E-state index >= 15 is 0 Å². The Morgan fingerprint density at radius 1 is 1.22 bits per heavy atom. The standard InChI is InChI=1S/C14H15NO3/c1-10-14(17)13(16)7-8-15(10)9-11-3-5-12(18-2)6-4-11/h3-8,17H,9H2,1-2H3. The van der Waals surface area contributed by atoms with E-state index in [1.165, 1.54) is 6.07 Å². The number of ether oxygens (including phenoxy) is 1. The van der Waals surface area contributed by atoms with Gasteiger partial charge in [0, 0.05) is 18.8 Å². The highest BCUT2D eigenvalue weighted by Gasteiger charge is 2.05. The summed E-state index contributed by atoms with van der Waals surface area (Å²) in [5.74, 6) is 0.615. The summed E-state index contributed by atoms with van der Waals surface area (Å²) in [6, 6.07) is 9.03. The lowest BCUT2D eigenvalue weighted by Gasteiger charge is -2.11. The van der Waals surface area contributed by atoms with E-state index in [1.807, 2.05) is 28.8 Å². The molecule has 0 aliphatic carbocycles. The third-order valence-corrected chi connectivity index (χ3v) is 2.92. The summed E-state index contributed by atoms with van der Waals surface area (Å²) in [6.07, 6.45) is 1.68. The van der Waals surface area contributed by atoms with Crippen LogP contribution in [-0.4, -0.2) is 16.8 Å². The molecule has 1 N–H and O–H groups in total. The van der Waals surface area contributed by atoms with E-state index in [9.17, 15) is 9.90 Å². The Kier molecular flexibility index (Phi) is 3.37. The molecular formula is C14H15NO3. The SMILES string of the molecule is COc1ccc(Cn2ccc(=O)c(O)c2C)cc1. The molecule has 0 radical (unpaired) electrons. The first-order valence-electron chi connectivity index (χ1n) is 5.64. The van der Waals surface area contributed by atoms with Crippen molar-refractivity contribution >= 4 is 0 Å². The number of hydrogen-bond acceptors (Lipinski definition) is 3. The first kappa shape index (κ1) is 12.2. The highest BCUT2D eigenvalue weighted by atomic mass is 16.5. The van der Waals surface area contributed by atoms with Crippen LogP contribution in [0.5, 0.6) is 11.5 Å². The minimum atomic E-state index is -0.349. The Bertz CT molecular complexity index is 599. The molecular weight excluding hydrogens is 230 g/mol. The minimum Gasteiger partial charge on any atom is -0.503 e. The molecule has 0 spiro atoms. The molecule has 2 rings (SSSR count). The summed E-state index contributed by atoms with van der Waals surface area (Å²) in [4.78, 5) is 11.2. The fourth-order valence-electron chi connectivity index (χ4n) is 1.76. The number of methoxy groups -OCH3 is 1. The molecule has 0 bridgehead atoms. The van der Waals surface area contributed by atoms with Gasteiger partial charge in [0.25, 0.3) is 0 Å². The Morgan fingerprint density at radius 3 is 2.50 bits per heavy atom. The number of pyridine rings is 1. The predicted octanol–water partition coefficient (Wildman–Crippen LogP) is 1.92. The van der Waals surface area contributed by atoms with Crippen molar-refractivity contribution in [2.75, 3.05) is 7.11 Å². The van der Waals surface area contributed by atoms with Gasteiger partial charge in [-0.1, -0.05) is 12.1 Å². The molecule has 4 heteroatoms. The minimum absolute atomic E-state index is 0.189. The lowest BCUT2D eigenvalue weighted by atomic mass is 10.2. The van der Waals surface area contributed by atoms with E-state index < -0.39 is 0 Å². The van der Waals surface area contributed by atoms with E-state index in [1.54, 1.807) is 20.2 Å². The topological polar surface area (TPSA) is 51.5 Å². The van der Waals surface area contributed by atoms with Crippen molar-refractivity contribution in [2.45, 2.75) is 13.5 Å². The van der Waals surface area contributed by atoms with Crippen molar-refractivity contribution in [3.05, 3.63) is 58.0 Å². The molecule has 0 atom stereocenters. The summed E-state index contributed by atoms with van der Waals surface area (Å²) in [7, 11) is 1.62. The van der Waals surface area contributed by atoms with Crippen LogP contribution in [0.3, 0.4) is 0 Å². The molecule has 0 saturated heterocycles. The van der Waals surface area contributed by atoms with Crippen LogP contribution in [0.4, 0.5) is 0 Å². The molecule has 0 saturated carbocycles. The van der Waals surface area contributed by atoms with E-state index in [4.69, 9.17) is 4.74 Å². The zero-order valence-electron chi connectivity index (χ0n) is 10.4. The molecule has 94 valence electrons. The number of aromatic hydroxyl groups is 1. The average molecular weight is 245 g/mol. The van der Waals surface area contributed by atoms with Gasteiger partial charge >= 0.3 is 0 Å². The summed E-state index contributed by atoms with van der Waals surface area (Å²) in [6.45, 7) is 2.32. The van der Waals surface area contributed by atoms with Crippen molar-refractivity contribution < 1.29 is 9.84 Å². The van der Waals surface area contributed by atoms with Crippen LogP contribution in [0.1, 0.15) is 11.3 Å². The first-order chi connectivity index (χ1) is 8.61. The Balaban J connectivity index is 2.28. The van der Waals surface area contributed by atoms with Gasteiger partial charge in [-0.2, -0.15) is 0 Å². The summed E-state index contributed by atoms with van der Waals surface area (Å²) in [5, 5.41) is 9.59. The van der Waals surface area contributed by atoms with Gasteiger partial charge in [-0.3, -0.25) is 4.79 Å². The molecule has 0 aliphatic rings. The maximum absolute atomic E-state index is 11.2. The van der Waals surface area contributed by atoms with Gasteiger partial charge < -0.3 is 14.4 Å². The lowest BCUT2D eigenvalue weighted by Crippen LogP contribution is -2.10. The highest BCUT2D eigenvalue weighted by molar-refractivity contribution is 5.29. The van der Waals surface area contributed by atoms with E-state index in [0.29, 0.717) is 12.2 Å². The summed E-state index contributed by atoms with van der Waals surface area (Å²) >= 11 is 0. The Labute approximate surface area is 105 Å². The van der Waals surface area contributed by atoms with Crippen LogP contribution < -0.4 is 10.2 Å². The monoisotopic (exact) mass is 245 g/mol. The van der Waals surface area contributed by atoms with Crippen molar-refractivity contribution in [3.63, 3.8) is 0 Å². The van der Waals surface area contributed by atoms with Crippen molar-refractivity contribution in [3.8, 4) is 11.5 Å². The number of nitrogens with zero attached hydrogens (tertiary/aromatic N) is 1. The van der Waals surface area contributed by atoms with E-state index in [-0.39, 0.29) is 11.2 Å². The fourth-order valence-corrected chi connectivity index (χ4v) is 1.76. The molecule has 0 fully saturated rings. The Hall–Kier alpha value is -2.23. The maximum atomic E-state index is 11.2. The summed E-state index contributed by atoms with van der Waals surface area (Å²) < 4.78 is 6.92. The zero-order chi connectivity index (χ0) is 13.1. The molecule has 0 aliphatic heterocycles. The lowest BCUT2D eigenvalue weighted by molar-refractivity contribution is 0.414. The van der Waals surface area contributed by atoms with Crippen LogP contribution in [0.2, 0.25) is 0 Å². The van der Waals surface area contributed by atoms with Gasteiger partial charge in [-0.15, -0.1) is 0 Å². The second-order valence-electron chi connectivity index (χ2n) is 4.09. The average Bonchev–Trinajstić information content (AvgIpc) is 2.40. The van der Waals surface area contributed by atoms with Gasteiger partial charge in [-0.25, -0.2) is 0 Å². The van der Waals surface area contributed by atoms with Crippen LogP contribution in [-0.2, 0) is 6.54 Å². The van der Waals surface area contributed by atoms with Crippen LogP contribution in [0, 0.1) is 6.92 Å². The fraction of sp³-hybridized carbons (Fsp3) is 0.214. The van der Waals surface area contributed by atoms with Crippen LogP contribution >= 0.6 is 0 Å². The molecule has 1 aromatic carbocycles. The molecule has 0 unspecified atom stereocenters. The van der Waals surface area contributed by atoms with Gasteiger partial charge in [0.2, 0.25) is 5.43 Å². The normalized spacial score (nSPS) is 10.3. The number of hydrogen-bond donors (Lipinski definition) is 1. The number of rotatable bonds is 3. The maximum Gasteiger partial charge on any atom is 0.223 e. The first-order valence-corrected chi connectivity index (χ1v) is 5.64. The van der Waals surface area contributed by atoms with Crippen molar-refractivity contribution in [1.82, 2.24) is 4.57 Å². The smallest absolute Gasteiger partial charge is 0.223 e. The molecule has 0 amide bonds. The highest BCUT2D eigenvalue weighted by Crippen LogP contribution is 2.15. The molecule has 18 heavy (non-hydrogen) atoms. The second kappa shape index (κ2) is 4.96. The summed E-state index contributed by atoms with van der Waals surface area (Å²) in [5.41, 5.74) is 1.29. The number of aromatic nitrogens is 1. The van der Waals surface area contributed by atoms with Gasteiger partial charge in [-0.05, 0) is 24.6 Å². The molecule has 1 heterocycles. The quantitative estimate of drug-likeness (QED) is 0.898. The van der Waals surface area contributed by atoms with Crippen LogP contribution in [0.25, 0.3) is 0 Å². The van der Waals surface area contributed by atoms with E-state index in [2.05, 4.69) is 0 Å². The van der Waals surface area contributed by atoms with Crippen molar-refractivity contribution in [1.29, 1.82) is 0 Å². The largest absolute Gasteiger partial charge is 0.503 e. The molecule has 4 nitrogen and oxygen atoms in total. The Morgan fingerprint density at radius 2 is 1.89 bits per heavy atom. The second-order valence-corrected chi connectivity index (χ2v) is 4.09. The zero-order valence-corrected chi connectivity index (χ0v) is 10.4. The third kappa shape index (κ3) is 2.37. The van der Waals surface area contributed by atoms with Gasteiger partial charge in [0.1, 0.15) is 5.75 Å². The van der Waals surface area contributed by atoms with Crippen molar-refractivity contribution in [2.24, 2.45) is 0 Å². The van der Waals surface area contributed by atoms with Gasteiger partial charge in [0.05, 0.1) is 12.8 Å².